The third-order valence-corrected chi connectivity index (χ3v) is 4.57. The highest BCUT2D eigenvalue weighted by molar-refractivity contribution is 5.20. The van der Waals surface area contributed by atoms with E-state index in [1.165, 1.54) is 18.4 Å². The quantitative estimate of drug-likeness (QED) is 0.892. The van der Waals surface area contributed by atoms with E-state index in [4.69, 9.17) is 4.74 Å². The zero-order valence-electron chi connectivity index (χ0n) is 12.7. The summed E-state index contributed by atoms with van der Waals surface area (Å²) in [6.07, 6.45) is 2.16. The molecule has 3 rings (SSSR count). The number of hydrogen-bond acceptors (Lipinski definition) is 4. The van der Waals surface area contributed by atoms with E-state index in [0.29, 0.717) is 6.04 Å². The van der Waals surface area contributed by atoms with Crippen molar-refractivity contribution in [2.24, 2.45) is 0 Å². The lowest BCUT2D eigenvalue weighted by Crippen LogP contribution is -2.44. The Balaban J connectivity index is 1.53. The molecule has 0 radical (unpaired) electrons. The summed E-state index contributed by atoms with van der Waals surface area (Å²) in [7, 11) is 0. The average Bonchev–Trinajstić information content (AvgIpc) is 2.97. The second kappa shape index (κ2) is 7.36. The Hall–Kier alpha value is -0.940. The molecule has 0 aromatic heterocycles. The van der Waals surface area contributed by atoms with Gasteiger partial charge in [0.05, 0.1) is 19.3 Å². The van der Waals surface area contributed by atoms with Crippen LogP contribution in [0.15, 0.2) is 30.3 Å². The first-order valence-electron chi connectivity index (χ1n) is 8.10. The van der Waals surface area contributed by atoms with Gasteiger partial charge < -0.3 is 9.84 Å². The van der Waals surface area contributed by atoms with Crippen molar-refractivity contribution in [2.45, 2.75) is 25.0 Å². The van der Waals surface area contributed by atoms with Gasteiger partial charge in [0.2, 0.25) is 0 Å². The minimum absolute atomic E-state index is 0.271. The van der Waals surface area contributed by atoms with Crippen molar-refractivity contribution in [1.29, 1.82) is 0 Å². The van der Waals surface area contributed by atoms with Gasteiger partial charge in [-0.05, 0) is 24.9 Å². The van der Waals surface area contributed by atoms with Crippen LogP contribution in [0.25, 0.3) is 0 Å². The van der Waals surface area contributed by atoms with Crippen molar-refractivity contribution < 1.29 is 9.84 Å². The summed E-state index contributed by atoms with van der Waals surface area (Å²) in [5.41, 5.74) is 1.38. The zero-order chi connectivity index (χ0) is 14.5. The van der Waals surface area contributed by atoms with Crippen LogP contribution >= 0.6 is 0 Å². The molecule has 116 valence electrons. The van der Waals surface area contributed by atoms with E-state index in [1.807, 2.05) is 0 Å². The largest absolute Gasteiger partial charge is 0.390 e. The standard InChI is InChI=1S/C17H26N2O2/c20-16(13-18-9-11-21-12-10-18)14-19-8-4-7-17(19)15-5-2-1-3-6-15/h1-3,5-6,16-17,20H,4,7-14H2/t16-,17+/m1/s1. The Morgan fingerprint density at radius 3 is 2.62 bits per heavy atom. The molecule has 2 aliphatic heterocycles. The van der Waals surface area contributed by atoms with E-state index in [-0.39, 0.29) is 6.10 Å². The molecule has 1 aromatic carbocycles. The molecule has 0 aliphatic carbocycles. The third kappa shape index (κ3) is 4.04. The first-order valence-corrected chi connectivity index (χ1v) is 8.10. The van der Waals surface area contributed by atoms with Crippen LogP contribution in [-0.2, 0) is 4.74 Å². The number of rotatable bonds is 5. The monoisotopic (exact) mass is 290 g/mol. The molecular weight excluding hydrogens is 264 g/mol. The second-order valence-electron chi connectivity index (χ2n) is 6.13. The maximum Gasteiger partial charge on any atom is 0.0794 e. The van der Waals surface area contributed by atoms with Gasteiger partial charge in [-0.2, -0.15) is 0 Å². The van der Waals surface area contributed by atoms with E-state index < -0.39 is 0 Å². The predicted molar refractivity (Wildman–Crippen MR) is 83.3 cm³/mol. The Morgan fingerprint density at radius 2 is 1.86 bits per heavy atom. The van der Waals surface area contributed by atoms with E-state index in [0.717, 1.165) is 45.9 Å². The molecule has 2 fully saturated rings. The molecule has 0 amide bonds. The van der Waals surface area contributed by atoms with Gasteiger partial charge in [0, 0.05) is 32.2 Å². The molecule has 0 spiro atoms. The van der Waals surface area contributed by atoms with Gasteiger partial charge in [-0.1, -0.05) is 30.3 Å². The Bertz CT molecular complexity index is 420. The topological polar surface area (TPSA) is 35.9 Å². The van der Waals surface area contributed by atoms with Crippen LogP contribution in [0.2, 0.25) is 0 Å². The summed E-state index contributed by atoms with van der Waals surface area (Å²) in [4.78, 5) is 4.75. The lowest BCUT2D eigenvalue weighted by molar-refractivity contribution is 0.00585. The predicted octanol–water partition coefficient (Wildman–Crippen LogP) is 1.52. The number of aliphatic hydroxyl groups excluding tert-OH is 1. The van der Waals surface area contributed by atoms with Crippen molar-refractivity contribution in [3.8, 4) is 0 Å². The molecule has 0 saturated carbocycles. The van der Waals surface area contributed by atoms with Crippen LogP contribution in [0.5, 0.6) is 0 Å². The lowest BCUT2D eigenvalue weighted by Gasteiger charge is -2.32. The normalized spacial score (nSPS) is 26.0. The molecule has 2 heterocycles. The van der Waals surface area contributed by atoms with Crippen molar-refractivity contribution in [2.75, 3.05) is 45.9 Å². The van der Waals surface area contributed by atoms with E-state index >= 15 is 0 Å². The van der Waals surface area contributed by atoms with Crippen molar-refractivity contribution in [3.05, 3.63) is 35.9 Å². The van der Waals surface area contributed by atoms with Crippen LogP contribution in [0.1, 0.15) is 24.4 Å². The van der Waals surface area contributed by atoms with Gasteiger partial charge in [-0.15, -0.1) is 0 Å². The minimum Gasteiger partial charge on any atom is -0.390 e. The van der Waals surface area contributed by atoms with E-state index in [2.05, 4.69) is 40.1 Å². The van der Waals surface area contributed by atoms with Crippen molar-refractivity contribution >= 4 is 0 Å². The smallest absolute Gasteiger partial charge is 0.0794 e. The molecule has 2 atom stereocenters. The number of ether oxygens (including phenoxy) is 1. The Morgan fingerprint density at radius 1 is 1.10 bits per heavy atom. The maximum atomic E-state index is 10.4. The fraction of sp³-hybridized carbons (Fsp3) is 0.647. The van der Waals surface area contributed by atoms with Crippen LogP contribution in [0, 0.1) is 0 Å². The number of β-amino-alcohol motifs (C(OH)–C–C–N with tert-alkyl or cyclic N) is 1. The molecule has 4 nitrogen and oxygen atoms in total. The molecule has 2 saturated heterocycles. The second-order valence-corrected chi connectivity index (χ2v) is 6.13. The van der Waals surface area contributed by atoms with Crippen LogP contribution in [-0.4, -0.2) is 66.9 Å². The van der Waals surface area contributed by atoms with Gasteiger partial charge in [0.15, 0.2) is 0 Å². The Labute approximate surface area is 127 Å². The van der Waals surface area contributed by atoms with Crippen LogP contribution in [0.3, 0.4) is 0 Å². The molecule has 4 heteroatoms. The highest BCUT2D eigenvalue weighted by Crippen LogP contribution is 2.31. The summed E-state index contributed by atoms with van der Waals surface area (Å²) in [5, 5.41) is 10.4. The van der Waals surface area contributed by atoms with Crippen LogP contribution < -0.4 is 0 Å². The number of nitrogens with zero attached hydrogens (tertiary/aromatic N) is 2. The maximum absolute atomic E-state index is 10.4. The zero-order valence-corrected chi connectivity index (χ0v) is 12.7. The molecule has 0 unspecified atom stereocenters. The fourth-order valence-corrected chi connectivity index (χ4v) is 3.51. The minimum atomic E-state index is -0.271. The van der Waals surface area contributed by atoms with E-state index in [9.17, 15) is 5.11 Å². The van der Waals surface area contributed by atoms with Crippen LogP contribution in [0.4, 0.5) is 0 Å². The average molecular weight is 290 g/mol. The van der Waals surface area contributed by atoms with Gasteiger partial charge in [-0.25, -0.2) is 0 Å². The summed E-state index contributed by atoms with van der Waals surface area (Å²) >= 11 is 0. The number of morpholine rings is 1. The fourth-order valence-electron chi connectivity index (χ4n) is 3.51. The van der Waals surface area contributed by atoms with Gasteiger partial charge in [0.25, 0.3) is 0 Å². The first-order chi connectivity index (χ1) is 10.3. The lowest BCUT2D eigenvalue weighted by atomic mass is 10.0. The van der Waals surface area contributed by atoms with Crippen molar-refractivity contribution in [3.63, 3.8) is 0 Å². The molecule has 0 bridgehead atoms. The molecule has 21 heavy (non-hydrogen) atoms. The number of hydrogen-bond donors (Lipinski definition) is 1. The highest BCUT2D eigenvalue weighted by atomic mass is 16.5. The van der Waals surface area contributed by atoms with Gasteiger partial charge in [0.1, 0.15) is 0 Å². The van der Waals surface area contributed by atoms with E-state index in [1.54, 1.807) is 0 Å². The highest BCUT2D eigenvalue weighted by Gasteiger charge is 2.28. The third-order valence-electron chi connectivity index (χ3n) is 4.57. The Kier molecular flexibility index (Phi) is 5.25. The number of benzene rings is 1. The molecular formula is C17H26N2O2. The van der Waals surface area contributed by atoms with Gasteiger partial charge >= 0.3 is 0 Å². The SMILES string of the molecule is O[C@H](CN1CCOCC1)CN1CCC[C@H]1c1ccccc1. The first kappa shape index (κ1) is 15.0. The molecule has 1 N–H and O–H groups in total. The molecule has 1 aromatic rings. The summed E-state index contributed by atoms with van der Waals surface area (Å²) in [5.74, 6) is 0. The number of aliphatic hydroxyl groups is 1. The molecule has 2 aliphatic rings. The van der Waals surface area contributed by atoms with Crippen molar-refractivity contribution in [1.82, 2.24) is 9.80 Å². The summed E-state index contributed by atoms with van der Waals surface area (Å²) in [6, 6.07) is 11.2. The van der Waals surface area contributed by atoms with Gasteiger partial charge in [-0.3, -0.25) is 9.80 Å². The summed E-state index contributed by atoms with van der Waals surface area (Å²) in [6.45, 7) is 6.11. The summed E-state index contributed by atoms with van der Waals surface area (Å²) < 4.78 is 5.36. The number of likely N-dealkylation sites (tertiary alicyclic amines) is 1.